The van der Waals surface area contributed by atoms with Crippen molar-refractivity contribution in [1.29, 1.82) is 0 Å². The maximum atomic E-state index is 13.4. The zero-order valence-electron chi connectivity index (χ0n) is 46.4. The highest BCUT2D eigenvalue weighted by molar-refractivity contribution is 5.87. The molecule has 12 heteroatoms. The van der Waals surface area contributed by atoms with Crippen molar-refractivity contribution >= 4 is 11.8 Å². The minimum absolute atomic E-state index is 0. The quantitative estimate of drug-likeness (QED) is 0.0277. The SMILES string of the molecule is C.CCCCCCCCCCCCCCCCCCCCCCC(NC(=O)CCOCCOCCC)C(=O)NCCCCCCC(CNCCCCNCCCNC)CNCCCCNCCCNC. The maximum absolute atomic E-state index is 13.4. The van der Waals surface area contributed by atoms with Crippen molar-refractivity contribution in [3.63, 3.8) is 0 Å². The lowest BCUT2D eigenvalue weighted by atomic mass is 10.00. The topological polar surface area (TPSA) is 149 Å². The van der Waals surface area contributed by atoms with E-state index in [-0.39, 0.29) is 25.7 Å². The number of hydrogen-bond donors (Lipinski definition) is 8. The molecule has 0 heterocycles. The lowest BCUT2D eigenvalue weighted by Gasteiger charge is -2.19. The number of amides is 2. The van der Waals surface area contributed by atoms with Crippen molar-refractivity contribution in [2.24, 2.45) is 5.92 Å². The van der Waals surface area contributed by atoms with Gasteiger partial charge in [0.25, 0.3) is 0 Å². The van der Waals surface area contributed by atoms with Gasteiger partial charge in [0.15, 0.2) is 0 Å². The molecule has 0 spiro atoms. The van der Waals surface area contributed by atoms with Crippen LogP contribution in [-0.4, -0.2) is 130 Å². The molecule has 0 aliphatic carbocycles. The van der Waals surface area contributed by atoms with Crippen LogP contribution >= 0.6 is 0 Å². The summed E-state index contributed by atoms with van der Waals surface area (Å²) in [5, 5.41) is 27.3. The summed E-state index contributed by atoms with van der Waals surface area (Å²) < 4.78 is 11.1. The summed E-state index contributed by atoms with van der Waals surface area (Å²) in [5.41, 5.74) is 0. The molecule has 0 fully saturated rings. The molecular formula is C58H124N8O4. The highest BCUT2D eigenvalue weighted by atomic mass is 16.5. The van der Waals surface area contributed by atoms with Gasteiger partial charge in [0, 0.05) is 19.6 Å². The highest BCUT2D eigenvalue weighted by Crippen LogP contribution is 2.16. The lowest BCUT2D eigenvalue weighted by molar-refractivity contribution is -0.129. The lowest BCUT2D eigenvalue weighted by Crippen LogP contribution is -2.47. The van der Waals surface area contributed by atoms with Crippen molar-refractivity contribution in [1.82, 2.24) is 42.5 Å². The molecule has 1 atom stereocenters. The van der Waals surface area contributed by atoms with Gasteiger partial charge in [-0.3, -0.25) is 9.59 Å². The van der Waals surface area contributed by atoms with Crippen LogP contribution in [0.2, 0.25) is 0 Å². The van der Waals surface area contributed by atoms with Gasteiger partial charge < -0.3 is 52.0 Å². The molecule has 0 saturated carbocycles. The molecular weight excluding hydrogens is 873 g/mol. The number of rotatable bonds is 60. The van der Waals surface area contributed by atoms with Gasteiger partial charge in [0.05, 0.1) is 19.8 Å². The Morgan fingerprint density at radius 1 is 0.386 bits per heavy atom. The molecule has 12 nitrogen and oxygen atoms in total. The van der Waals surface area contributed by atoms with E-state index in [1.807, 2.05) is 14.1 Å². The number of carbonyl (C=O) groups excluding carboxylic acids is 2. The van der Waals surface area contributed by atoms with E-state index in [2.05, 4.69) is 56.4 Å². The van der Waals surface area contributed by atoms with E-state index < -0.39 is 6.04 Å². The maximum Gasteiger partial charge on any atom is 0.242 e. The van der Waals surface area contributed by atoms with Gasteiger partial charge in [0.2, 0.25) is 11.8 Å². The van der Waals surface area contributed by atoms with Crippen LogP contribution < -0.4 is 42.5 Å². The fraction of sp³-hybridized carbons (Fsp3) is 0.966. The summed E-state index contributed by atoms with van der Waals surface area (Å²) >= 11 is 0. The summed E-state index contributed by atoms with van der Waals surface area (Å²) in [6, 6.07) is -0.485. The van der Waals surface area contributed by atoms with Gasteiger partial charge in [-0.1, -0.05) is 169 Å². The fourth-order valence-electron chi connectivity index (χ4n) is 8.94. The van der Waals surface area contributed by atoms with Gasteiger partial charge in [-0.25, -0.2) is 0 Å². The molecule has 0 aliphatic heterocycles. The minimum atomic E-state index is -0.485. The summed E-state index contributed by atoms with van der Waals surface area (Å²) in [4.78, 5) is 26.4. The highest BCUT2D eigenvalue weighted by Gasteiger charge is 2.20. The van der Waals surface area contributed by atoms with Crippen LogP contribution in [0.1, 0.15) is 240 Å². The zero-order chi connectivity index (χ0) is 50.0. The first kappa shape index (κ1) is 70.7. The van der Waals surface area contributed by atoms with Crippen molar-refractivity contribution in [3.8, 4) is 0 Å². The van der Waals surface area contributed by atoms with Gasteiger partial charge in [0.1, 0.15) is 6.04 Å². The normalized spacial score (nSPS) is 11.9. The Balaban J connectivity index is 0. The number of hydrogen-bond acceptors (Lipinski definition) is 10. The average molecular weight is 998 g/mol. The van der Waals surface area contributed by atoms with E-state index in [0.29, 0.717) is 38.7 Å². The summed E-state index contributed by atoms with van der Waals surface area (Å²) in [6.07, 6.45) is 41.8. The van der Waals surface area contributed by atoms with Gasteiger partial charge in [-0.15, -0.1) is 0 Å². The number of nitrogens with one attached hydrogen (secondary N) is 8. The van der Waals surface area contributed by atoms with Crippen LogP contribution in [0.5, 0.6) is 0 Å². The molecule has 0 aromatic carbocycles. The second kappa shape index (κ2) is 61.9. The van der Waals surface area contributed by atoms with Crippen LogP contribution in [0.4, 0.5) is 0 Å². The van der Waals surface area contributed by atoms with Crippen molar-refractivity contribution in [2.45, 2.75) is 246 Å². The molecule has 0 rings (SSSR count). The van der Waals surface area contributed by atoms with Crippen molar-refractivity contribution in [2.75, 3.05) is 113 Å². The summed E-state index contributed by atoms with van der Waals surface area (Å²) in [7, 11) is 4.03. The second-order valence-electron chi connectivity index (χ2n) is 20.2. The summed E-state index contributed by atoms with van der Waals surface area (Å²) in [5.74, 6) is 0.473. The molecule has 0 bridgehead atoms. The van der Waals surface area contributed by atoms with Crippen LogP contribution in [0.3, 0.4) is 0 Å². The van der Waals surface area contributed by atoms with Crippen LogP contribution in [0.25, 0.3) is 0 Å². The monoisotopic (exact) mass is 997 g/mol. The van der Waals surface area contributed by atoms with E-state index in [1.54, 1.807) is 0 Å². The van der Waals surface area contributed by atoms with Crippen molar-refractivity contribution in [3.05, 3.63) is 0 Å². The van der Waals surface area contributed by atoms with Crippen molar-refractivity contribution < 1.29 is 19.1 Å². The molecule has 0 aromatic heterocycles. The Kier molecular flexibility index (Phi) is 62.5. The Morgan fingerprint density at radius 2 is 0.771 bits per heavy atom. The molecule has 420 valence electrons. The molecule has 0 saturated heterocycles. The van der Waals surface area contributed by atoms with Gasteiger partial charge >= 0.3 is 0 Å². The van der Waals surface area contributed by atoms with Crippen LogP contribution in [-0.2, 0) is 19.1 Å². The third kappa shape index (κ3) is 55.9. The number of ether oxygens (including phenoxy) is 2. The molecule has 2 amide bonds. The first-order valence-corrected chi connectivity index (χ1v) is 29.9. The fourth-order valence-corrected chi connectivity index (χ4v) is 8.94. The second-order valence-corrected chi connectivity index (χ2v) is 20.2. The Bertz CT molecular complexity index is 990. The molecule has 0 aliphatic rings. The van der Waals surface area contributed by atoms with E-state index in [1.165, 1.54) is 173 Å². The Labute approximate surface area is 435 Å². The number of unbranched alkanes of at least 4 members (excludes halogenated alkanes) is 24. The first-order chi connectivity index (χ1) is 34.1. The van der Waals surface area contributed by atoms with Crippen LogP contribution in [0, 0.1) is 5.92 Å². The molecule has 70 heavy (non-hydrogen) atoms. The standard InChI is InChI=1S/C57H120N8O4.CH4/c1-5-7-8-9-10-11-12-13-14-15-16-17-18-19-20-21-22-23-24-28-37-55(65-56(66)38-49-69-51-50-68-48-6-2)57(67)64-47-29-26-25-27-36-54(52-62-43-32-30-41-60-45-34-39-58-3)53-63-44-33-31-42-61-46-35-40-59-4;/h54-55,58-63H,5-53H2,1-4H3,(H,64,67)(H,65,66);1H4. The van der Waals surface area contributed by atoms with E-state index >= 15 is 0 Å². The molecule has 0 radical (unpaired) electrons. The predicted octanol–water partition coefficient (Wildman–Crippen LogP) is 11.0. The van der Waals surface area contributed by atoms with E-state index in [9.17, 15) is 9.59 Å². The van der Waals surface area contributed by atoms with E-state index in [0.717, 1.165) is 104 Å². The van der Waals surface area contributed by atoms with E-state index in [4.69, 9.17) is 9.47 Å². The third-order valence-corrected chi connectivity index (χ3v) is 13.4. The Hall–Kier alpha value is -1.38. The van der Waals surface area contributed by atoms with Gasteiger partial charge in [-0.05, 0) is 150 Å². The zero-order valence-corrected chi connectivity index (χ0v) is 46.4. The largest absolute Gasteiger partial charge is 0.379 e. The third-order valence-electron chi connectivity index (χ3n) is 13.4. The number of carbonyl (C=O) groups is 2. The van der Waals surface area contributed by atoms with Crippen LogP contribution in [0.15, 0.2) is 0 Å². The average Bonchev–Trinajstić information content (AvgIpc) is 3.35. The smallest absolute Gasteiger partial charge is 0.242 e. The summed E-state index contributed by atoms with van der Waals surface area (Å²) in [6.45, 7) is 17.9. The molecule has 1 unspecified atom stereocenters. The van der Waals surface area contributed by atoms with Gasteiger partial charge in [-0.2, -0.15) is 0 Å². The molecule has 0 aromatic rings. The predicted molar refractivity (Wildman–Crippen MR) is 304 cm³/mol. The first-order valence-electron chi connectivity index (χ1n) is 29.9. The molecule has 8 N–H and O–H groups in total. The Morgan fingerprint density at radius 3 is 1.23 bits per heavy atom. The minimum Gasteiger partial charge on any atom is -0.379 e.